The van der Waals surface area contributed by atoms with Crippen LogP contribution in [0.1, 0.15) is 78.2 Å². The van der Waals surface area contributed by atoms with E-state index >= 15 is 0 Å². The van der Waals surface area contributed by atoms with Crippen LogP contribution in [-0.2, 0) is 6.42 Å². The number of aliphatic hydroxyl groups excluding tert-OH is 1. The Labute approximate surface area is 194 Å². The van der Waals surface area contributed by atoms with Crippen molar-refractivity contribution in [1.82, 2.24) is 4.98 Å². The monoisotopic (exact) mass is 444 g/mol. The lowest BCUT2D eigenvalue weighted by atomic mass is 9.52. The van der Waals surface area contributed by atoms with Gasteiger partial charge in [0.05, 0.1) is 28.6 Å². The first-order chi connectivity index (χ1) is 16.0. The highest BCUT2D eigenvalue weighted by atomic mass is 16.3. The molecule has 5 nitrogen and oxygen atoms in total. The summed E-state index contributed by atoms with van der Waals surface area (Å²) in [5.74, 6) is 1.58. The second-order valence-electron chi connectivity index (χ2n) is 10.8. The molecule has 5 aliphatic carbocycles. The van der Waals surface area contributed by atoms with Crippen molar-refractivity contribution in [2.24, 2.45) is 17.8 Å². The molecule has 33 heavy (non-hydrogen) atoms. The average Bonchev–Trinajstić information content (AvgIpc) is 3.28. The van der Waals surface area contributed by atoms with Crippen molar-refractivity contribution in [1.29, 1.82) is 0 Å². The van der Waals surface area contributed by atoms with Gasteiger partial charge in [-0.15, -0.1) is 0 Å². The number of nitrogens with zero attached hydrogens (tertiary/aromatic N) is 1. The number of fused-ring (bicyclic) bond motifs is 1. The molecule has 172 valence electrons. The van der Waals surface area contributed by atoms with E-state index in [1.807, 2.05) is 30.3 Å². The number of ketones is 1. The van der Waals surface area contributed by atoms with Gasteiger partial charge >= 0.3 is 0 Å². The number of Topliss-reactive ketones (excluding diaryl/α,β-unsaturated/α-hetero) is 1. The van der Waals surface area contributed by atoms with Gasteiger partial charge in [0, 0.05) is 30.6 Å². The highest BCUT2D eigenvalue weighted by molar-refractivity contribution is 6.03. The Morgan fingerprint density at radius 2 is 1.91 bits per heavy atom. The number of nitrogens with one attached hydrogen (secondary N) is 1. The maximum Gasteiger partial charge on any atom is 0.166 e. The lowest BCUT2D eigenvalue weighted by Crippen LogP contribution is -2.59. The number of rotatable bonds is 7. The number of pyridine rings is 1. The van der Waals surface area contributed by atoms with E-state index in [0.29, 0.717) is 35.8 Å². The van der Waals surface area contributed by atoms with Crippen molar-refractivity contribution < 1.29 is 15.0 Å². The smallest absolute Gasteiger partial charge is 0.166 e. The minimum absolute atomic E-state index is 0.0190. The molecule has 0 amide bonds. The van der Waals surface area contributed by atoms with Crippen LogP contribution in [0.5, 0.6) is 0 Å². The summed E-state index contributed by atoms with van der Waals surface area (Å²) in [5, 5.41) is 25.3. The van der Waals surface area contributed by atoms with Crippen LogP contribution in [0.4, 0.5) is 5.69 Å². The number of allylic oxidation sites excluding steroid dienone is 1. The van der Waals surface area contributed by atoms with E-state index in [-0.39, 0.29) is 12.2 Å². The SMILES string of the molecule is O=C(CCC(O)c1ccccc1)c1cnc2c(c1NC1C3CC4CC1CC(O)(C4)C3)C=CC2. The standard InChI is InChI=1S/C28H32N2O3/c31-24(18-5-2-1-3-6-18)9-10-25(32)22-16-29-23-8-4-7-21(23)27(22)30-26-19-11-17-12-20(26)15-28(33,13-17)14-19/h1-7,16-17,19-20,24,26,31,33H,8-15H2,(H,29,30). The fourth-order valence-electron chi connectivity index (χ4n) is 7.19. The molecule has 2 aromatic rings. The molecule has 0 saturated heterocycles. The molecule has 1 heterocycles. The first kappa shape index (κ1) is 21.1. The lowest BCUT2D eigenvalue weighted by Gasteiger charge is -2.58. The van der Waals surface area contributed by atoms with Crippen LogP contribution < -0.4 is 5.32 Å². The van der Waals surface area contributed by atoms with E-state index in [9.17, 15) is 15.0 Å². The highest BCUT2D eigenvalue weighted by Crippen LogP contribution is 2.56. The topological polar surface area (TPSA) is 82.5 Å². The predicted octanol–water partition coefficient (Wildman–Crippen LogP) is 4.70. The van der Waals surface area contributed by atoms with Gasteiger partial charge in [0.25, 0.3) is 0 Å². The second kappa shape index (κ2) is 8.07. The van der Waals surface area contributed by atoms with Crippen molar-refractivity contribution >= 4 is 17.5 Å². The van der Waals surface area contributed by atoms with Gasteiger partial charge in [0.1, 0.15) is 0 Å². The molecule has 0 aliphatic heterocycles. The molecule has 4 bridgehead atoms. The Balaban J connectivity index is 1.24. The molecular weight excluding hydrogens is 412 g/mol. The Kier molecular flexibility index (Phi) is 5.15. The molecular formula is C28H32N2O3. The van der Waals surface area contributed by atoms with Crippen LogP contribution in [0.3, 0.4) is 0 Å². The number of carbonyl (C=O) groups excluding carboxylic acids is 1. The Hall–Kier alpha value is -2.50. The van der Waals surface area contributed by atoms with Gasteiger partial charge < -0.3 is 15.5 Å². The number of hydrogen-bond donors (Lipinski definition) is 3. The van der Waals surface area contributed by atoms with Crippen LogP contribution in [0.15, 0.2) is 42.6 Å². The largest absolute Gasteiger partial charge is 0.390 e. The first-order valence-electron chi connectivity index (χ1n) is 12.4. The van der Waals surface area contributed by atoms with E-state index < -0.39 is 11.7 Å². The summed E-state index contributed by atoms with van der Waals surface area (Å²) in [7, 11) is 0. The van der Waals surface area contributed by atoms with Crippen LogP contribution in [-0.4, -0.2) is 32.6 Å². The summed E-state index contributed by atoms with van der Waals surface area (Å²) in [5.41, 5.74) is 3.97. The van der Waals surface area contributed by atoms with Crippen molar-refractivity contribution in [2.45, 2.75) is 69.1 Å². The molecule has 1 aromatic heterocycles. The lowest BCUT2D eigenvalue weighted by molar-refractivity contribution is -0.129. The number of hydrogen-bond acceptors (Lipinski definition) is 5. The molecule has 3 N–H and O–H groups in total. The second-order valence-corrected chi connectivity index (χ2v) is 10.8. The quantitative estimate of drug-likeness (QED) is 0.539. The zero-order chi connectivity index (χ0) is 22.6. The first-order valence-corrected chi connectivity index (χ1v) is 12.4. The summed E-state index contributed by atoms with van der Waals surface area (Å²) < 4.78 is 0. The average molecular weight is 445 g/mol. The van der Waals surface area contributed by atoms with E-state index in [1.54, 1.807) is 6.20 Å². The Morgan fingerprint density at radius 1 is 1.15 bits per heavy atom. The van der Waals surface area contributed by atoms with Gasteiger partial charge in [-0.2, -0.15) is 0 Å². The van der Waals surface area contributed by atoms with Gasteiger partial charge in [-0.25, -0.2) is 0 Å². The molecule has 1 aromatic carbocycles. The summed E-state index contributed by atoms with van der Waals surface area (Å²) in [6, 6.07) is 9.81. The molecule has 3 unspecified atom stereocenters. The molecule has 4 saturated carbocycles. The van der Waals surface area contributed by atoms with Crippen LogP contribution >= 0.6 is 0 Å². The van der Waals surface area contributed by atoms with E-state index in [0.717, 1.165) is 48.2 Å². The third kappa shape index (κ3) is 3.81. The van der Waals surface area contributed by atoms with Crippen LogP contribution in [0.25, 0.3) is 6.08 Å². The van der Waals surface area contributed by atoms with Gasteiger partial charge in [-0.3, -0.25) is 9.78 Å². The molecule has 5 heteroatoms. The van der Waals surface area contributed by atoms with Gasteiger partial charge in [0.2, 0.25) is 0 Å². The van der Waals surface area contributed by atoms with Crippen LogP contribution in [0.2, 0.25) is 0 Å². The summed E-state index contributed by atoms with van der Waals surface area (Å²) in [6.07, 6.45) is 11.8. The molecule has 5 aliphatic rings. The minimum Gasteiger partial charge on any atom is -0.390 e. The fourth-order valence-corrected chi connectivity index (χ4v) is 7.19. The number of anilines is 1. The molecule has 0 radical (unpaired) electrons. The summed E-state index contributed by atoms with van der Waals surface area (Å²) >= 11 is 0. The zero-order valence-electron chi connectivity index (χ0n) is 18.9. The van der Waals surface area contributed by atoms with Crippen molar-refractivity contribution in [3.8, 4) is 0 Å². The number of aromatic nitrogens is 1. The van der Waals surface area contributed by atoms with Crippen molar-refractivity contribution in [3.05, 3.63) is 65.0 Å². The van der Waals surface area contributed by atoms with E-state index in [1.165, 1.54) is 12.8 Å². The fraction of sp³-hybridized carbons (Fsp3) is 0.500. The molecule has 3 atom stereocenters. The van der Waals surface area contributed by atoms with Crippen molar-refractivity contribution in [2.75, 3.05) is 5.32 Å². The van der Waals surface area contributed by atoms with E-state index in [4.69, 9.17) is 0 Å². The van der Waals surface area contributed by atoms with E-state index in [2.05, 4.69) is 22.5 Å². The normalized spacial score (nSPS) is 32.1. The number of carbonyl (C=O) groups is 1. The molecule has 4 fully saturated rings. The third-order valence-electron chi connectivity index (χ3n) is 8.48. The minimum atomic E-state index is -0.654. The molecule has 7 rings (SSSR count). The van der Waals surface area contributed by atoms with Gasteiger partial charge in [-0.1, -0.05) is 42.5 Å². The third-order valence-corrected chi connectivity index (χ3v) is 8.48. The highest BCUT2D eigenvalue weighted by Gasteiger charge is 2.54. The maximum atomic E-state index is 13.3. The van der Waals surface area contributed by atoms with Crippen LogP contribution in [0, 0.1) is 17.8 Å². The summed E-state index contributed by atoms with van der Waals surface area (Å²) in [6.45, 7) is 0. The Bertz CT molecular complexity index is 1080. The maximum absolute atomic E-state index is 13.3. The zero-order valence-corrected chi connectivity index (χ0v) is 18.9. The number of benzene rings is 1. The Morgan fingerprint density at radius 3 is 2.64 bits per heavy atom. The predicted molar refractivity (Wildman–Crippen MR) is 128 cm³/mol. The number of aliphatic hydroxyl groups is 2. The molecule has 0 spiro atoms. The summed E-state index contributed by atoms with van der Waals surface area (Å²) in [4.78, 5) is 17.9. The van der Waals surface area contributed by atoms with Crippen molar-refractivity contribution in [3.63, 3.8) is 0 Å². The van der Waals surface area contributed by atoms with Gasteiger partial charge in [0.15, 0.2) is 5.78 Å². The van der Waals surface area contributed by atoms with Gasteiger partial charge in [-0.05, 0) is 61.8 Å².